The van der Waals surface area contributed by atoms with Gasteiger partial charge in [-0.1, -0.05) is 56.3 Å². The zero-order valence-electron chi connectivity index (χ0n) is 21.5. The molecule has 4 heteroatoms. The van der Waals surface area contributed by atoms with Crippen LogP contribution in [0, 0.1) is 5.92 Å². The summed E-state index contributed by atoms with van der Waals surface area (Å²) in [6.07, 6.45) is 3.60. The van der Waals surface area contributed by atoms with E-state index in [9.17, 15) is 0 Å². The number of hydrogen-bond donors (Lipinski definition) is 0. The van der Waals surface area contributed by atoms with Crippen molar-refractivity contribution in [3.8, 4) is 11.5 Å². The largest absolute Gasteiger partial charge is 0.497 e. The highest BCUT2D eigenvalue weighted by Gasteiger charge is 2.25. The minimum absolute atomic E-state index is 0.581. The van der Waals surface area contributed by atoms with Crippen molar-refractivity contribution in [3.05, 3.63) is 90.0 Å². The van der Waals surface area contributed by atoms with E-state index in [-0.39, 0.29) is 0 Å². The predicted molar refractivity (Wildman–Crippen MR) is 145 cm³/mol. The summed E-state index contributed by atoms with van der Waals surface area (Å²) in [5.41, 5.74) is 3.86. The van der Waals surface area contributed by atoms with Gasteiger partial charge in [0.1, 0.15) is 18.1 Å². The molecule has 1 saturated heterocycles. The van der Waals surface area contributed by atoms with Crippen LogP contribution < -0.4 is 14.4 Å². The Bertz CT molecular complexity index is 994. The minimum Gasteiger partial charge on any atom is -0.497 e. The molecule has 1 aliphatic rings. The van der Waals surface area contributed by atoms with E-state index in [0.717, 1.165) is 37.7 Å². The molecule has 0 radical (unpaired) electrons. The van der Waals surface area contributed by atoms with Crippen molar-refractivity contribution < 1.29 is 9.47 Å². The fraction of sp³-hybridized carbons (Fsp3) is 0.419. The van der Waals surface area contributed by atoms with E-state index in [4.69, 9.17) is 9.47 Å². The number of nitrogens with zero attached hydrogens (tertiary/aromatic N) is 2. The molecule has 4 nitrogen and oxygen atoms in total. The van der Waals surface area contributed by atoms with Gasteiger partial charge in [-0.15, -0.1) is 0 Å². The Morgan fingerprint density at radius 3 is 2.11 bits per heavy atom. The number of anilines is 1. The highest BCUT2D eigenvalue weighted by Crippen LogP contribution is 2.28. The summed E-state index contributed by atoms with van der Waals surface area (Å²) in [5.74, 6) is 2.54. The average molecular weight is 473 g/mol. The Kier molecular flexibility index (Phi) is 9.08. The fourth-order valence-corrected chi connectivity index (χ4v) is 4.77. The smallest absolute Gasteiger partial charge is 0.119 e. The van der Waals surface area contributed by atoms with Gasteiger partial charge in [0, 0.05) is 37.9 Å². The van der Waals surface area contributed by atoms with Crippen molar-refractivity contribution >= 4 is 5.69 Å². The highest BCUT2D eigenvalue weighted by molar-refractivity contribution is 5.50. The van der Waals surface area contributed by atoms with Crippen LogP contribution in [0.25, 0.3) is 0 Å². The first-order valence-corrected chi connectivity index (χ1v) is 13.0. The van der Waals surface area contributed by atoms with Crippen molar-refractivity contribution in [3.63, 3.8) is 0 Å². The summed E-state index contributed by atoms with van der Waals surface area (Å²) in [5, 5.41) is 0. The molecule has 0 atom stereocenters. The number of methoxy groups -OCH3 is 1. The van der Waals surface area contributed by atoms with Crippen LogP contribution >= 0.6 is 0 Å². The Morgan fingerprint density at radius 2 is 1.49 bits per heavy atom. The van der Waals surface area contributed by atoms with Crippen molar-refractivity contribution in [2.75, 3.05) is 31.6 Å². The van der Waals surface area contributed by atoms with Gasteiger partial charge < -0.3 is 14.4 Å². The molecule has 35 heavy (non-hydrogen) atoms. The van der Waals surface area contributed by atoms with Crippen LogP contribution in [-0.2, 0) is 13.2 Å². The van der Waals surface area contributed by atoms with E-state index in [1.165, 1.54) is 36.1 Å². The summed E-state index contributed by atoms with van der Waals surface area (Å²) < 4.78 is 11.3. The first-order valence-electron chi connectivity index (χ1n) is 13.0. The molecule has 0 aromatic heterocycles. The van der Waals surface area contributed by atoms with E-state index in [1.54, 1.807) is 7.11 Å². The number of benzene rings is 3. The number of rotatable bonds is 11. The lowest BCUT2D eigenvalue weighted by Gasteiger charge is -2.40. The Balaban J connectivity index is 1.35. The maximum Gasteiger partial charge on any atom is 0.119 e. The first-order chi connectivity index (χ1) is 17.1. The standard InChI is InChI=1S/C31H40N2O2/c1-25(2)17-22-33(28-11-15-31(16-12-28)35-24-27-7-5-4-6-8-27)29-18-20-32(21-19-29)23-26-9-13-30(34-3)14-10-26/h4-16,25,29H,17-24H2,1-3H3. The number of piperidine rings is 1. The van der Waals surface area contributed by atoms with Crippen LogP contribution in [0.4, 0.5) is 5.69 Å². The van der Waals surface area contributed by atoms with E-state index < -0.39 is 0 Å². The molecule has 4 rings (SSSR count). The third-order valence-electron chi connectivity index (χ3n) is 6.93. The SMILES string of the molecule is COc1ccc(CN2CCC(N(CCC(C)C)c3ccc(OCc4ccccc4)cc3)CC2)cc1. The normalized spacial score (nSPS) is 14.7. The molecule has 0 aliphatic carbocycles. The van der Waals surface area contributed by atoms with E-state index in [1.807, 2.05) is 6.07 Å². The maximum atomic E-state index is 6.02. The Hall–Kier alpha value is -2.98. The van der Waals surface area contributed by atoms with Crippen LogP contribution in [0.2, 0.25) is 0 Å². The number of likely N-dealkylation sites (tertiary alicyclic amines) is 1. The predicted octanol–water partition coefficient (Wildman–Crippen LogP) is 6.79. The zero-order valence-corrected chi connectivity index (χ0v) is 21.5. The molecule has 186 valence electrons. The van der Waals surface area contributed by atoms with Gasteiger partial charge in [-0.25, -0.2) is 0 Å². The molecule has 0 spiro atoms. The molecule has 1 aliphatic heterocycles. The van der Waals surface area contributed by atoms with Crippen molar-refractivity contribution in [1.29, 1.82) is 0 Å². The molecule has 3 aromatic rings. The minimum atomic E-state index is 0.581. The van der Waals surface area contributed by atoms with Gasteiger partial charge in [-0.05, 0) is 72.7 Å². The van der Waals surface area contributed by atoms with Gasteiger partial charge in [0.2, 0.25) is 0 Å². The number of hydrogen-bond acceptors (Lipinski definition) is 4. The van der Waals surface area contributed by atoms with Gasteiger partial charge in [-0.3, -0.25) is 4.90 Å². The van der Waals surface area contributed by atoms with Crippen molar-refractivity contribution in [2.45, 2.75) is 52.3 Å². The van der Waals surface area contributed by atoms with E-state index in [0.29, 0.717) is 18.6 Å². The summed E-state index contributed by atoms with van der Waals surface area (Å²) in [7, 11) is 1.72. The molecule has 1 heterocycles. The van der Waals surface area contributed by atoms with Crippen LogP contribution in [0.15, 0.2) is 78.9 Å². The lowest BCUT2D eigenvalue weighted by atomic mass is 10.00. The lowest BCUT2D eigenvalue weighted by molar-refractivity contribution is 0.200. The van der Waals surface area contributed by atoms with Crippen molar-refractivity contribution in [1.82, 2.24) is 4.90 Å². The first kappa shape index (κ1) is 25.1. The molecule has 3 aromatic carbocycles. The number of ether oxygens (including phenoxy) is 2. The quantitative estimate of drug-likeness (QED) is 0.307. The van der Waals surface area contributed by atoms with Gasteiger partial charge in [0.15, 0.2) is 0 Å². The summed E-state index contributed by atoms with van der Waals surface area (Å²) >= 11 is 0. The van der Waals surface area contributed by atoms with Crippen LogP contribution in [0.5, 0.6) is 11.5 Å². The summed E-state index contributed by atoms with van der Waals surface area (Å²) in [6, 6.07) is 28.1. The summed E-state index contributed by atoms with van der Waals surface area (Å²) in [4.78, 5) is 5.23. The van der Waals surface area contributed by atoms with Gasteiger partial charge in [-0.2, -0.15) is 0 Å². The second-order valence-corrected chi connectivity index (χ2v) is 10.00. The highest BCUT2D eigenvalue weighted by atomic mass is 16.5. The van der Waals surface area contributed by atoms with Crippen molar-refractivity contribution in [2.24, 2.45) is 5.92 Å². The van der Waals surface area contributed by atoms with Crippen LogP contribution in [0.1, 0.15) is 44.2 Å². The third kappa shape index (κ3) is 7.50. The topological polar surface area (TPSA) is 24.9 Å². The molecule has 0 bridgehead atoms. The van der Waals surface area contributed by atoms with Gasteiger partial charge in [0.25, 0.3) is 0 Å². The molecule has 1 fully saturated rings. The fourth-order valence-electron chi connectivity index (χ4n) is 4.77. The zero-order chi connectivity index (χ0) is 24.5. The van der Waals surface area contributed by atoms with E-state index >= 15 is 0 Å². The van der Waals surface area contributed by atoms with Crippen LogP contribution in [0.3, 0.4) is 0 Å². The van der Waals surface area contributed by atoms with E-state index in [2.05, 4.69) is 96.4 Å². The Morgan fingerprint density at radius 1 is 0.829 bits per heavy atom. The molecular weight excluding hydrogens is 432 g/mol. The van der Waals surface area contributed by atoms with Gasteiger partial charge in [0.05, 0.1) is 7.11 Å². The second kappa shape index (κ2) is 12.6. The Labute approximate surface area is 211 Å². The summed E-state index contributed by atoms with van der Waals surface area (Å²) in [6.45, 7) is 9.61. The molecule has 0 amide bonds. The molecular formula is C31H40N2O2. The van der Waals surface area contributed by atoms with Gasteiger partial charge >= 0.3 is 0 Å². The second-order valence-electron chi connectivity index (χ2n) is 10.00. The molecule has 0 saturated carbocycles. The van der Waals surface area contributed by atoms with Crippen LogP contribution in [-0.4, -0.2) is 37.7 Å². The lowest BCUT2D eigenvalue weighted by Crippen LogP contribution is -2.45. The monoisotopic (exact) mass is 472 g/mol. The molecule has 0 unspecified atom stereocenters. The third-order valence-corrected chi connectivity index (χ3v) is 6.93. The average Bonchev–Trinajstić information content (AvgIpc) is 2.90. The molecule has 0 N–H and O–H groups in total. The maximum absolute atomic E-state index is 6.02.